The van der Waals surface area contributed by atoms with Crippen molar-refractivity contribution in [2.45, 2.75) is 38.0 Å². The molecule has 0 N–H and O–H groups in total. The van der Waals surface area contributed by atoms with E-state index in [1.807, 2.05) is 19.2 Å². The molecule has 0 aliphatic rings. The van der Waals surface area contributed by atoms with E-state index in [0.717, 1.165) is 11.3 Å². The number of carbonyl (C=O) groups excluding carboxylic acids is 1. The number of carbonyl (C=O) groups is 1. The Labute approximate surface area is 121 Å². The molecule has 1 aromatic heterocycles. The van der Waals surface area contributed by atoms with Gasteiger partial charge in [0.1, 0.15) is 5.69 Å². The van der Waals surface area contributed by atoms with Crippen LogP contribution in [0.15, 0.2) is 23.2 Å². The first-order valence-electron chi connectivity index (χ1n) is 5.52. The van der Waals surface area contributed by atoms with Crippen molar-refractivity contribution in [2.75, 3.05) is 6.26 Å². The average Bonchev–Trinajstić information content (AvgIpc) is 2.38. The van der Waals surface area contributed by atoms with Crippen molar-refractivity contribution in [1.29, 1.82) is 0 Å². The number of hydrogen-bond acceptors (Lipinski definition) is 3. The Morgan fingerprint density at radius 3 is 2.29 bits per heavy atom. The number of Topliss-reactive ketones (excluding diaryl/α,β-unsaturated/α-hetero) is 1. The summed E-state index contributed by atoms with van der Waals surface area (Å²) in [4.78, 5) is 16.3. The zero-order chi connectivity index (χ0) is 12.4. The van der Waals surface area contributed by atoms with Crippen LogP contribution in [-0.4, -0.2) is 17.0 Å². The fraction of sp³-hybridized carbons (Fsp3) is 0.462. The Morgan fingerprint density at radius 2 is 2.00 bits per heavy atom. The number of thioether (sulfide) groups is 1. The molecule has 0 fully saturated rings. The van der Waals surface area contributed by atoms with Crippen LogP contribution in [0.1, 0.15) is 43.6 Å². The van der Waals surface area contributed by atoms with Gasteiger partial charge in [0.15, 0.2) is 5.78 Å². The number of unbranched alkanes of at least 4 members (excludes halogenated alkanes) is 1. The van der Waals surface area contributed by atoms with Gasteiger partial charge in [0, 0.05) is 17.5 Å². The van der Waals surface area contributed by atoms with Crippen molar-refractivity contribution in [3.8, 4) is 0 Å². The van der Waals surface area contributed by atoms with Crippen LogP contribution in [0.25, 0.3) is 0 Å². The molecule has 0 aliphatic carbocycles. The molecule has 2 nitrogen and oxygen atoms in total. The summed E-state index contributed by atoms with van der Waals surface area (Å²) in [6.45, 7) is 7.56. The fourth-order valence-electron chi connectivity index (χ4n) is 0.847. The van der Waals surface area contributed by atoms with Gasteiger partial charge in [-0.05, 0) is 18.4 Å². The summed E-state index contributed by atoms with van der Waals surface area (Å²) in [5.74, 6) is 0.0997. The molecular formula is C13H20LiNOS. The van der Waals surface area contributed by atoms with Crippen LogP contribution in [0, 0.1) is 6.92 Å². The number of hydrogen-bond donors (Lipinski definition) is 0. The summed E-state index contributed by atoms with van der Waals surface area (Å²) in [7, 11) is 0. The molecule has 0 spiro atoms. The van der Waals surface area contributed by atoms with E-state index in [0.29, 0.717) is 12.1 Å². The van der Waals surface area contributed by atoms with Crippen molar-refractivity contribution >= 4 is 17.5 Å². The molecule has 0 aromatic carbocycles. The molecule has 1 heterocycles. The molecule has 0 bridgehead atoms. The van der Waals surface area contributed by atoms with Gasteiger partial charge in [0.05, 0.1) is 0 Å². The molecule has 0 radical (unpaired) electrons. The predicted molar refractivity (Wildman–Crippen MR) is 70.9 cm³/mol. The van der Waals surface area contributed by atoms with Crippen molar-refractivity contribution in [3.63, 3.8) is 0 Å². The van der Waals surface area contributed by atoms with Crippen molar-refractivity contribution in [3.05, 3.63) is 30.9 Å². The Bertz CT molecular complexity index is 299. The van der Waals surface area contributed by atoms with E-state index in [4.69, 9.17) is 0 Å². The largest absolute Gasteiger partial charge is 1.00 e. The van der Waals surface area contributed by atoms with E-state index in [9.17, 15) is 4.79 Å². The topological polar surface area (TPSA) is 30.0 Å². The number of pyridine rings is 1. The minimum atomic E-state index is 0. The van der Waals surface area contributed by atoms with Crippen molar-refractivity contribution < 1.29 is 23.7 Å². The smallest absolute Gasteiger partial charge is 0.343 e. The van der Waals surface area contributed by atoms with Crippen LogP contribution >= 0.6 is 11.8 Å². The molecule has 1 rings (SSSR count). The molecular weight excluding hydrogens is 225 g/mol. The normalized spacial score (nSPS) is 8.71. The van der Waals surface area contributed by atoms with Gasteiger partial charge in [-0.3, -0.25) is 9.78 Å². The summed E-state index contributed by atoms with van der Waals surface area (Å²) in [6.07, 6.45) is 6.51. The average molecular weight is 245 g/mol. The first-order valence-corrected chi connectivity index (χ1v) is 6.74. The Morgan fingerprint density at radius 1 is 1.41 bits per heavy atom. The van der Waals surface area contributed by atoms with E-state index in [1.165, 1.54) is 6.42 Å². The van der Waals surface area contributed by atoms with E-state index < -0.39 is 0 Å². The zero-order valence-electron chi connectivity index (χ0n) is 11.3. The molecule has 0 amide bonds. The molecule has 17 heavy (non-hydrogen) atoms. The van der Waals surface area contributed by atoms with Gasteiger partial charge in [-0.1, -0.05) is 20.3 Å². The summed E-state index contributed by atoms with van der Waals surface area (Å²) in [6, 6.07) is 3.69. The first-order chi connectivity index (χ1) is 7.69. The standard InChI is InChI=1S/C9H11NOS.C4H9.Li/c1-3-9(11)8-5-4-7(12-2)6-10-8;1-3-4-2;/h4-6H,3H2,1-2H3;1,3-4H2,2H3;/q;-1;+1. The molecule has 0 aliphatic heterocycles. The summed E-state index contributed by atoms with van der Waals surface area (Å²) >= 11 is 1.62. The van der Waals surface area contributed by atoms with Crippen LogP contribution in [0.3, 0.4) is 0 Å². The third-order valence-electron chi connectivity index (χ3n) is 1.93. The molecule has 90 valence electrons. The molecule has 1 aromatic rings. The maximum atomic E-state index is 11.1. The second kappa shape index (κ2) is 12.2. The predicted octanol–water partition coefficient (Wildman–Crippen LogP) is 1.02. The van der Waals surface area contributed by atoms with Crippen molar-refractivity contribution in [1.82, 2.24) is 4.98 Å². The maximum Gasteiger partial charge on any atom is 1.00 e. The van der Waals surface area contributed by atoms with Crippen molar-refractivity contribution in [2.24, 2.45) is 0 Å². The van der Waals surface area contributed by atoms with Gasteiger partial charge in [0.25, 0.3) is 0 Å². The number of ketones is 1. The van der Waals surface area contributed by atoms with E-state index in [-0.39, 0.29) is 24.6 Å². The first kappa shape index (κ1) is 19.1. The fourth-order valence-corrected chi connectivity index (χ4v) is 1.21. The number of aromatic nitrogens is 1. The summed E-state index contributed by atoms with van der Waals surface area (Å²) in [5.41, 5.74) is 0.565. The zero-order valence-corrected chi connectivity index (χ0v) is 12.1. The Kier molecular flexibility index (Phi) is 13.8. The second-order valence-electron chi connectivity index (χ2n) is 3.21. The Hall–Kier alpha value is -0.233. The van der Waals surface area contributed by atoms with Gasteiger partial charge < -0.3 is 6.92 Å². The van der Waals surface area contributed by atoms with E-state index in [2.05, 4.69) is 18.8 Å². The van der Waals surface area contributed by atoms with Crippen LogP contribution in [0.4, 0.5) is 0 Å². The molecule has 0 saturated heterocycles. The van der Waals surface area contributed by atoms with Crippen LogP contribution < -0.4 is 18.9 Å². The third-order valence-corrected chi connectivity index (χ3v) is 2.65. The van der Waals surface area contributed by atoms with Gasteiger partial charge >= 0.3 is 18.9 Å². The SMILES string of the molecule is CCC(=O)c1ccc(SC)cn1.[CH2-]CCC.[Li+]. The minimum absolute atomic E-state index is 0. The molecule has 4 heteroatoms. The molecule has 0 saturated carbocycles. The van der Waals surface area contributed by atoms with E-state index in [1.54, 1.807) is 24.0 Å². The quantitative estimate of drug-likeness (QED) is 0.343. The third kappa shape index (κ3) is 8.49. The minimum Gasteiger partial charge on any atom is -0.343 e. The molecule has 0 atom stereocenters. The number of nitrogens with zero attached hydrogens (tertiary/aromatic N) is 1. The summed E-state index contributed by atoms with van der Waals surface area (Å²) in [5, 5.41) is 0. The number of rotatable bonds is 4. The van der Waals surface area contributed by atoms with Crippen LogP contribution in [0.2, 0.25) is 0 Å². The van der Waals surface area contributed by atoms with E-state index >= 15 is 0 Å². The molecule has 0 unspecified atom stereocenters. The monoisotopic (exact) mass is 245 g/mol. The van der Waals surface area contributed by atoms with Gasteiger partial charge in [-0.25, -0.2) is 0 Å². The maximum absolute atomic E-state index is 11.1. The van der Waals surface area contributed by atoms with Gasteiger partial charge in [-0.15, -0.1) is 11.8 Å². The van der Waals surface area contributed by atoms with Crippen LogP contribution in [-0.2, 0) is 0 Å². The van der Waals surface area contributed by atoms with Gasteiger partial charge in [0.2, 0.25) is 0 Å². The van der Waals surface area contributed by atoms with Gasteiger partial charge in [-0.2, -0.15) is 6.42 Å². The van der Waals surface area contributed by atoms with Crippen LogP contribution in [0.5, 0.6) is 0 Å². The summed E-state index contributed by atoms with van der Waals surface area (Å²) < 4.78 is 0. The Balaban J connectivity index is 0. The second-order valence-corrected chi connectivity index (χ2v) is 4.09.